The van der Waals surface area contributed by atoms with Crippen molar-refractivity contribution in [1.29, 1.82) is 0 Å². The van der Waals surface area contributed by atoms with Gasteiger partial charge in [-0.25, -0.2) is 12.2 Å². The minimum atomic E-state index is 0.0554. The predicted octanol–water partition coefficient (Wildman–Crippen LogP) is 17.0. The van der Waals surface area contributed by atoms with Crippen molar-refractivity contribution in [2.24, 2.45) is 0 Å². The van der Waals surface area contributed by atoms with Crippen LogP contribution in [0, 0.1) is 19.9 Å². The van der Waals surface area contributed by atoms with Gasteiger partial charge >= 0.3 is 154 Å². The molecule has 8 rings (SSSR count). The summed E-state index contributed by atoms with van der Waals surface area (Å²) in [4.78, 5) is 0. The largest absolute Gasteiger partial charge is 0.273 e. The zero-order valence-corrected chi connectivity index (χ0v) is 39.9. The molecule has 0 aliphatic heterocycles. The summed E-state index contributed by atoms with van der Waals surface area (Å²) in [6.45, 7) is 17.9. The molecule has 0 nitrogen and oxygen atoms in total. The van der Waals surface area contributed by atoms with Crippen molar-refractivity contribution in [2.45, 2.75) is 72.6 Å². The van der Waals surface area contributed by atoms with E-state index in [1.807, 2.05) is 38.1 Å². The molecule has 0 aromatic heterocycles. The first kappa shape index (κ1) is 44.1. The molecule has 7 aromatic carbocycles. The Morgan fingerprint density at radius 3 is 1.33 bits per heavy atom. The third-order valence-electron chi connectivity index (χ3n) is 10.5. The van der Waals surface area contributed by atoms with E-state index in [0.717, 1.165) is 31.9 Å². The molecule has 0 heterocycles. The molecule has 0 saturated heterocycles. The first-order valence-corrected chi connectivity index (χ1v) is 22.2. The third kappa shape index (κ3) is 10.1. The van der Waals surface area contributed by atoms with E-state index < -0.39 is 0 Å². The van der Waals surface area contributed by atoms with Gasteiger partial charge in [0.15, 0.2) is 0 Å². The molecule has 5 heteroatoms. The van der Waals surface area contributed by atoms with Crippen LogP contribution in [0.4, 0.5) is 0 Å². The molecule has 0 bridgehead atoms. The molecule has 0 saturated carbocycles. The third-order valence-corrected chi connectivity index (χ3v) is 13.1. The smallest absolute Gasteiger partial charge is 0.109 e. The van der Waals surface area contributed by atoms with E-state index in [9.17, 15) is 0 Å². The average molecular weight is 918 g/mol. The predicted molar refractivity (Wildman–Crippen MR) is 252 cm³/mol. The molecule has 0 N–H and O–H groups in total. The average Bonchev–Trinajstić information content (AvgIpc) is 3.89. The van der Waals surface area contributed by atoms with Crippen molar-refractivity contribution >= 4 is 71.2 Å². The van der Waals surface area contributed by atoms with Crippen LogP contribution < -0.4 is 0 Å². The summed E-state index contributed by atoms with van der Waals surface area (Å²) < 4.78 is 1.14. The zero-order valence-electron chi connectivity index (χ0n) is 34.4. The molecule has 0 radical (unpaired) electrons. The molecule has 0 unspecified atom stereocenters. The summed E-state index contributed by atoms with van der Waals surface area (Å²) in [7, 11) is 0. The van der Waals surface area contributed by atoms with Crippen molar-refractivity contribution in [3.8, 4) is 22.3 Å². The fraction of sp³-hybridized carbons (Fsp3) is 0.208. The van der Waals surface area contributed by atoms with E-state index in [4.69, 9.17) is 46.4 Å². The summed E-state index contributed by atoms with van der Waals surface area (Å²) in [5.41, 5.74) is 12.3. The Labute approximate surface area is 380 Å². The van der Waals surface area contributed by atoms with Gasteiger partial charge in [-0.1, -0.05) is 114 Å². The number of allylic oxidation sites excluding steroid dienone is 4. The Morgan fingerprint density at radius 1 is 0.586 bits per heavy atom. The molecule has 0 amide bonds. The van der Waals surface area contributed by atoms with Gasteiger partial charge in [-0.2, -0.15) is 6.08 Å². The van der Waals surface area contributed by atoms with E-state index >= 15 is 0 Å². The quantitative estimate of drug-likeness (QED) is 0.154. The van der Waals surface area contributed by atoms with Crippen molar-refractivity contribution in [3.05, 3.63) is 193 Å². The van der Waals surface area contributed by atoms with Gasteiger partial charge in [-0.05, 0) is 44.2 Å². The van der Waals surface area contributed by atoms with E-state index in [1.54, 1.807) is 12.1 Å². The molecular formula is C53H48Cl4Zr. The number of fused-ring (bicyclic) bond motifs is 3. The van der Waals surface area contributed by atoms with Gasteiger partial charge in [-0.3, -0.25) is 6.08 Å². The summed E-state index contributed by atoms with van der Waals surface area (Å²) in [6, 6.07) is 41.1. The normalized spacial score (nSPS) is 12.4. The molecule has 292 valence electrons. The first-order chi connectivity index (χ1) is 27.4. The Hall–Kier alpha value is -3.42. The van der Waals surface area contributed by atoms with E-state index in [0.29, 0.717) is 20.1 Å². The van der Waals surface area contributed by atoms with E-state index in [2.05, 4.69) is 145 Å². The molecule has 0 fully saturated rings. The molecule has 7 aromatic rings. The van der Waals surface area contributed by atoms with Crippen LogP contribution in [-0.4, -0.2) is 3.21 Å². The maximum Gasteiger partial charge on any atom is -0.109 e. The fourth-order valence-electron chi connectivity index (χ4n) is 7.36. The molecule has 0 atom stereocenters. The van der Waals surface area contributed by atoms with Crippen molar-refractivity contribution < 1.29 is 24.2 Å². The van der Waals surface area contributed by atoms with Gasteiger partial charge in [0.25, 0.3) is 0 Å². The summed E-state index contributed by atoms with van der Waals surface area (Å²) >= 11 is 25.9. The van der Waals surface area contributed by atoms with Crippen LogP contribution in [0.1, 0.15) is 81.3 Å². The maximum absolute atomic E-state index is 6.21. The number of rotatable bonds is 4. The van der Waals surface area contributed by atoms with Crippen LogP contribution in [0.15, 0.2) is 133 Å². The Bertz CT molecular complexity index is 2490. The SMILES string of the molecule is CC(C)(C)c1cc2c(cc1-c1ccccc1)[cH-]c1cc(-c3ccccc3)c(C(C)(C)C)cc12.Cc1c(Cl)cc(Cl)cc1[C](=[Zr+2])c1cc(Cl)cc(Cl)c1C.[C-]1=CC=CC1. The van der Waals surface area contributed by atoms with Crippen LogP contribution in [0.5, 0.6) is 0 Å². The second-order valence-electron chi connectivity index (χ2n) is 16.8. The van der Waals surface area contributed by atoms with Crippen molar-refractivity contribution in [3.63, 3.8) is 0 Å². The summed E-state index contributed by atoms with van der Waals surface area (Å²) in [5, 5.41) is 7.95. The summed E-state index contributed by atoms with van der Waals surface area (Å²) in [6.07, 6.45) is 10.0. The molecule has 1 aliphatic rings. The van der Waals surface area contributed by atoms with Gasteiger partial charge in [0, 0.05) is 0 Å². The second kappa shape index (κ2) is 18.5. The van der Waals surface area contributed by atoms with Crippen LogP contribution >= 0.6 is 46.4 Å². The second-order valence-corrected chi connectivity index (χ2v) is 19.8. The Kier molecular flexibility index (Phi) is 14.1. The van der Waals surface area contributed by atoms with Gasteiger partial charge in [-0.15, -0.1) is 46.2 Å². The minimum absolute atomic E-state index is 0.0554. The van der Waals surface area contributed by atoms with Gasteiger partial charge in [0.2, 0.25) is 0 Å². The number of hydrogen-bond donors (Lipinski definition) is 0. The minimum Gasteiger partial charge on any atom is -0.273 e. The van der Waals surface area contributed by atoms with Gasteiger partial charge in [0.1, 0.15) is 0 Å². The van der Waals surface area contributed by atoms with Crippen LogP contribution in [0.2, 0.25) is 20.1 Å². The number of hydrogen-bond acceptors (Lipinski definition) is 0. The van der Waals surface area contributed by atoms with Gasteiger partial charge < -0.3 is 0 Å². The van der Waals surface area contributed by atoms with Crippen LogP contribution in [0.25, 0.3) is 43.8 Å². The molecule has 1 aliphatic carbocycles. The monoisotopic (exact) mass is 914 g/mol. The topological polar surface area (TPSA) is 0 Å². The Balaban J connectivity index is 0.000000191. The zero-order chi connectivity index (χ0) is 41.9. The number of halogens is 4. The maximum atomic E-state index is 6.21. The molecule has 0 spiro atoms. The Morgan fingerprint density at radius 2 is 1.00 bits per heavy atom. The van der Waals surface area contributed by atoms with Crippen LogP contribution in [0.3, 0.4) is 0 Å². The van der Waals surface area contributed by atoms with Gasteiger partial charge in [0.05, 0.1) is 0 Å². The van der Waals surface area contributed by atoms with E-state index in [1.165, 1.54) is 79.2 Å². The van der Waals surface area contributed by atoms with Crippen molar-refractivity contribution in [1.82, 2.24) is 0 Å². The summed E-state index contributed by atoms with van der Waals surface area (Å²) in [5.74, 6) is 0. The fourth-order valence-corrected chi connectivity index (χ4v) is 9.62. The standard InChI is InChI=1S/C33H33.C15H10Cl4.C5H5.Zr/c1-32(2,3)30-20-26-24(18-28(30)22-13-9-7-10-14-22)17-25-19-29(23-15-11-8-12-16-23)31(21-27(25)26)33(4,5)6;1-8-10(4-12(16)6-14(8)18)3-11-5-13(17)7-15(19)9(11)2;1-2-4-5-3-1;/h7-21H,1-6H3;4-7H,1-2H3;1-3H,4H2;/q-1;;-1;+2. The van der Waals surface area contributed by atoms with E-state index in [-0.39, 0.29) is 10.8 Å². The number of benzene rings is 6. The molecular weight excluding hydrogens is 870 g/mol. The molecule has 58 heavy (non-hydrogen) atoms. The van der Waals surface area contributed by atoms with Crippen molar-refractivity contribution in [2.75, 3.05) is 0 Å². The first-order valence-electron chi connectivity index (χ1n) is 19.5. The van der Waals surface area contributed by atoms with Crippen LogP contribution in [-0.2, 0) is 35.1 Å².